The zero-order valence-electron chi connectivity index (χ0n) is 25.2. The average Bonchev–Trinajstić information content (AvgIpc) is 3.23. The summed E-state index contributed by atoms with van der Waals surface area (Å²) in [6.45, 7) is 3.75. The first-order valence-corrected chi connectivity index (χ1v) is 14.6. The van der Waals surface area contributed by atoms with E-state index in [0.29, 0.717) is 49.3 Å². The minimum Gasteiger partial charge on any atom is -0.493 e. The van der Waals surface area contributed by atoms with E-state index >= 15 is 0 Å². The second-order valence-corrected chi connectivity index (χ2v) is 11.1. The van der Waals surface area contributed by atoms with Gasteiger partial charge in [0, 0.05) is 12.1 Å². The molecule has 0 spiro atoms. The van der Waals surface area contributed by atoms with E-state index in [4.69, 9.17) is 9.47 Å². The average molecular weight is 653 g/mol. The van der Waals surface area contributed by atoms with Crippen molar-refractivity contribution in [2.24, 2.45) is 0 Å². The van der Waals surface area contributed by atoms with Crippen LogP contribution in [0.5, 0.6) is 11.5 Å². The molecular weight excluding hydrogens is 618 g/mol. The Morgan fingerprint density at radius 1 is 0.870 bits per heavy atom. The number of ether oxygens (including phenoxy) is 2. The van der Waals surface area contributed by atoms with Gasteiger partial charge < -0.3 is 19.9 Å². The van der Waals surface area contributed by atoms with Gasteiger partial charge in [-0.05, 0) is 67.1 Å². The third kappa shape index (κ3) is 7.09. The summed E-state index contributed by atoms with van der Waals surface area (Å²) in [5.41, 5.74) is -6.03. The van der Waals surface area contributed by atoms with Gasteiger partial charge >= 0.3 is 18.4 Å². The van der Waals surface area contributed by atoms with Crippen LogP contribution in [0.15, 0.2) is 72.8 Å². The molecule has 3 aromatic carbocycles. The Kier molecular flexibility index (Phi) is 10.2. The Hall–Kier alpha value is -4.26. The number of carbonyl (C=O) groups excluding carboxylic acids is 2. The number of amides is 3. The highest BCUT2D eigenvalue weighted by molar-refractivity contribution is 6.07. The molecular formula is C33H34F6N2O5. The van der Waals surface area contributed by atoms with E-state index in [0.717, 1.165) is 16.5 Å². The van der Waals surface area contributed by atoms with Crippen molar-refractivity contribution < 1.29 is 50.5 Å². The lowest BCUT2D eigenvalue weighted by molar-refractivity contribution is -0.376. The van der Waals surface area contributed by atoms with Crippen LogP contribution in [0.2, 0.25) is 0 Å². The monoisotopic (exact) mass is 652 g/mol. The zero-order valence-corrected chi connectivity index (χ0v) is 25.2. The van der Waals surface area contributed by atoms with Crippen molar-refractivity contribution in [1.82, 2.24) is 10.2 Å². The van der Waals surface area contributed by atoms with Gasteiger partial charge in [-0.2, -0.15) is 26.3 Å². The number of benzene rings is 3. The Morgan fingerprint density at radius 2 is 1.52 bits per heavy atom. The van der Waals surface area contributed by atoms with E-state index in [9.17, 15) is 41.0 Å². The zero-order chi connectivity index (χ0) is 33.8. The lowest BCUT2D eigenvalue weighted by atomic mass is 9.90. The number of rotatable bonds is 13. The molecule has 13 heteroatoms. The molecule has 4 rings (SSSR count). The normalized spacial score (nSPS) is 17.3. The number of aryl methyl sites for hydroxylation is 1. The largest absolute Gasteiger partial charge is 0.493 e. The summed E-state index contributed by atoms with van der Waals surface area (Å²) in [6, 6.07) is 18.1. The minimum atomic E-state index is -5.99. The van der Waals surface area contributed by atoms with Crippen LogP contribution < -0.4 is 14.8 Å². The molecule has 0 bridgehead atoms. The maximum Gasteiger partial charge on any atom is 0.430 e. The van der Waals surface area contributed by atoms with Crippen LogP contribution in [0.3, 0.4) is 0 Å². The predicted molar refractivity (Wildman–Crippen MR) is 156 cm³/mol. The van der Waals surface area contributed by atoms with Crippen LogP contribution in [-0.2, 0) is 29.0 Å². The molecule has 0 saturated carbocycles. The Labute approximate surface area is 262 Å². The standard InChI is InChI=1S/C33H34F6N2O5/c1-3-9-23-20-25(31(44,32(34,35)36)33(37,38)39)14-17-27(23)45-19-8-7-18-41-28(42)30(2,40-29(41)43)24-12-15-26(16-13-24)46-21-22-10-5-4-6-11-22/h4-6,10-17,20,44H,3,7-9,18-19,21H2,1-2H3,(H,40,43). The third-order valence-corrected chi connectivity index (χ3v) is 7.81. The number of hydrogen-bond acceptors (Lipinski definition) is 5. The van der Waals surface area contributed by atoms with Crippen molar-refractivity contribution >= 4 is 11.9 Å². The van der Waals surface area contributed by atoms with E-state index in [1.54, 1.807) is 38.1 Å². The number of nitrogens with zero attached hydrogens (tertiary/aromatic N) is 1. The summed E-state index contributed by atoms with van der Waals surface area (Å²) in [7, 11) is 0. The van der Waals surface area contributed by atoms with E-state index in [2.05, 4.69) is 5.32 Å². The van der Waals surface area contributed by atoms with Crippen molar-refractivity contribution in [3.63, 3.8) is 0 Å². The highest BCUT2D eigenvalue weighted by Gasteiger charge is 2.71. The Bertz CT molecular complexity index is 1500. The summed E-state index contributed by atoms with van der Waals surface area (Å²) in [5, 5.41) is 12.5. The number of unbranched alkanes of at least 4 members (excludes halogenated alkanes) is 1. The van der Waals surface area contributed by atoms with Crippen LogP contribution in [0.25, 0.3) is 0 Å². The van der Waals surface area contributed by atoms with Crippen LogP contribution in [0.1, 0.15) is 55.4 Å². The number of urea groups is 1. The van der Waals surface area contributed by atoms with E-state index in [1.807, 2.05) is 30.3 Å². The minimum absolute atomic E-state index is 0.0181. The molecule has 1 aliphatic rings. The van der Waals surface area contributed by atoms with Gasteiger partial charge in [0.2, 0.25) is 0 Å². The maximum atomic E-state index is 13.4. The fourth-order valence-electron chi connectivity index (χ4n) is 5.17. The molecule has 1 aliphatic heterocycles. The molecule has 248 valence electrons. The van der Waals surface area contributed by atoms with Gasteiger partial charge in [0.05, 0.1) is 6.61 Å². The molecule has 1 atom stereocenters. The first-order chi connectivity index (χ1) is 21.6. The smallest absolute Gasteiger partial charge is 0.430 e. The number of alkyl halides is 6. The molecule has 3 amide bonds. The molecule has 46 heavy (non-hydrogen) atoms. The topological polar surface area (TPSA) is 88.1 Å². The summed E-state index contributed by atoms with van der Waals surface area (Å²) < 4.78 is 91.6. The number of halogens is 6. The Balaban J connectivity index is 1.33. The summed E-state index contributed by atoms with van der Waals surface area (Å²) in [6.07, 6.45) is -10.8. The SMILES string of the molecule is CCCc1cc(C(O)(C(F)(F)F)C(F)(F)F)ccc1OCCCCN1C(=O)NC(C)(c2ccc(OCc3ccccc3)cc2)C1=O. The molecule has 3 aromatic rings. The molecule has 0 aromatic heterocycles. The van der Waals surface area contributed by atoms with Gasteiger partial charge in [0.1, 0.15) is 23.6 Å². The maximum absolute atomic E-state index is 13.4. The molecule has 0 aliphatic carbocycles. The lowest BCUT2D eigenvalue weighted by Gasteiger charge is -2.33. The molecule has 2 N–H and O–H groups in total. The van der Waals surface area contributed by atoms with Crippen LogP contribution >= 0.6 is 0 Å². The van der Waals surface area contributed by atoms with E-state index in [1.165, 1.54) is 0 Å². The molecule has 1 unspecified atom stereocenters. The summed E-state index contributed by atoms with van der Waals surface area (Å²) in [5.74, 6) is 0.230. The quantitative estimate of drug-likeness (QED) is 0.116. The first-order valence-electron chi connectivity index (χ1n) is 14.6. The van der Waals surface area contributed by atoms with E-state index < -0.39 is 41.0 Å². The highest BCUT2D eigenvalue weighted by atomic mass is 19.4. The van der Waals surface area contributed by atoms with Crippen molar-refractivity contribution in [3.05, 3.63) is 95.1 Å². The van der Waals surface area contributed by atoms with Crippen LogP contribution in [-0.4, -0.2) is 47.4 Å². The second-order valence-electron chi connectivity index (χ2n) is 11.1. The lowest BCUT2D eigenvalue weighted by Crippen LogP contribution is -2.53. The van der Waals surface area contributed by atoms with Crippen molar-refractivity contribution in [2.75, 3.05) is 13.2 Å². The molecule has 1 heterocycles. The number of imide groups is 1. The molecule has 1 saturated heterocycles. The summed E-state index contributed by atoms with van der Waals surface area (Å²) in [4.78, 5) is 27.1. The van der Waals surface area contributed by atoms with E-state index in [-0.39, 0.29) is 30.9 Å². The number of nitrogens with one attached hydrogen (secondary N) is 1. The Morgan fingerprint density at radius 3 is 2.13 bits per heavy atom. The highest BCUT2D eigenvalue weighted by Crippen LogP contribution is 2.50. The fraction of sp³-hybridized carbons (Fsp3) is 0.394. The summed E-state index contributed by atoms with van der Waals surface area (Å²) >= 11 is 0. The third-order valence-electron chi connectivity index (χ3n) is 7.81. The van der Waals surface area contributed by atoms with Gasteiger partial charge in [0.25, 0.3) is 11.5 Å². The molecule has 0 radical (unpaired) electrons. The molecule has 1 fully saturated rings. The van der Waals surface area contributed by atoms with Crippen molar-refractivity contribution in [2.45, 2.75) is 69.6 Å². The number of hydrogen-bond donors (Lipinski definition) is 2. The number of carbonyl (C=O) groups is 2. The van der Waals surface area contributed by atoms with Gasteiger partial charge in [-0.1, -0.05) is 61.9 Å². The van der Waals surface area contributed by atoms with Gasteiger partial charge in [0.15, 0.2) is 0 Å². The van der Waals surface area contributed by atoms with Crippen molar-refractivity contribution in [3.8, 4) is 11.5 Å². The van der Waals surface area contributed by atoms with Gasteiger partial charge in [-0.25, -0.2) is 4.79 Å². The number of aliphatic hydroxyl groups is 1. The molecule has 7 nitrogen and oxygen atoms in total. The van der Waals surface area contributed by atoms with Crippen molar-refractivity contribution in [1.29, 1.82) is 0 Å². The second kappa shape index (κ2) is 13.6. The van der Waals surface area contributed by atoms with Crippen LogP contribution in [0.4, 0.5) is 31.1 Å². The van der Waals surface area contributed by atoms with Gasteiger partial charge in [-0.3, -0.25) is 9.69 Å². The van der Waals surface area contributed by atoms with Gasteiger partial charge in [-0.15, -0.1) is 0 Å². The first kappa shape index (κ1) is 34.6. The predicted octanol–water partition coefficient (Wildman–Crippen LogP) is 7.16. The fourth-order valence-corrected chi connectivity index (χ4v) is 5.17. The van der Waals surface area contributed by atoms with Crippen LogP contribution in [0, 0.1) is 0 Å².